The van der Waals surface area contributed by atoms with E-state index in [-0.39, 0.29) is 29.9 Å². The number of carbonyl (C=O) groups excluding carboxylic acids is 2. The molecule has 0 aromatic carbocycles. The van der Waals surface area contributed by atoms with Crippen LogP contribution in [0.1, 0.15) is 41.6 Å². The van der Waals surface area contributed by atoms with Crippen molar-refractivity contribution in [3.63, 3.8) is 0 Å². The highest BCUT2D eigenvalue weighted by atomic mass is 32.1. The zero-order valence-electron chi connectivity index (χ0n) is 22.5. The van der Waals surface area contributed by atoms with Crippen LogP contribution >= 0.6 is 11.3 Å². The lowest BCUT2D eigenvalue weighted by Crippen LogP contribution is -2.54. The number of hydrogen-bond acceptors (Lipinski definition) is 13. The highest BCUT2D eigenvalue weighted by Gasteiger charge is 2.46. The first-order chi connectivity index (χ1) is 19.8. The van der Waals surface area contributed by atoms with Gasteiger partial charge in [-0.3, -0.25) is 14.5 Å². The summed E-state index contributed by atoms with van der Waals surface area (Å²) in [7, 11) is 1.60. The molecule has 3 unspecified atom stereocenters. The van der Waals surface area contributed by atoms with E-state index >= 15 is 0 Å². The van der Waals surface area contributed by atoms with Crippen LogP contribution in [0.5, 0.6) is 0 Å². The quantitative estimate of drug-likeness (QED) is 0.325. The molecule has 0 spiro atoms. The van der Waals surface area contributed by atoms with Crippen molar-refractivity contribution < 1.29 is 19.2 Å². The Balaban J connectivity index is 1.05. The van der Waals surface area contributed by atoms with Gasteiger partial charge in [-0.1, -0.05) is 5.16 Å². The van der Waals surface area contributed by atoms with Gasteiger partial charge in [0, 0.05) is 43.5 Å². The molecule has 4 aromatic heterocycles. The van der Waals surface area contributed by atoms with Gasteiger partial charge < -0.3 is 29.3 Å². The number of amides is 2. The van der Waals surface area contributed by atoms with E-state index in [0.29, 0.717) is 16.6 Å². The Hall–Kier alpha value is -4.44. The van der Waals surface area contributed by atoms with E-state index in [2.05, 4.69) is 40.3 Å². The molecular weight excluding hydrogens is 550 g/mol. The largest absolute Gasteiger partial charge is 0.356 e. The van der Waals surface area contributed by atoms with E-state index in [1.165, 1.54) is 38.5 Å². The van der Waals surface area contributed by atoms with Crippen molar-refractivity contribution in [3.8, 4) is 10.6 Å². The third kappa shape index (κ3) is 4.48. The number of aliphatic hydroxyl groups excluding tert-OH is 1. The molecule has 0 bridgehead atoms. The minimum atomic E-state index is -1.30. The standard InChI is InChI=1S/C25H27N11O4S/c1-12(36-11-28-20-19(36)23(38)35(25(39)33(20)3)9-18-29-13(2)32-40-18)21(37)30-17-10-41-22(31-17)16-5-26-24(27-6-16)34-7-14-4-15(14)8-34/h5-6,10-12,14-15,25,39H,4,7-9H2,1-3H3,(H,30,37)/t12-,14?,15?,25?/m0/s1. The number of imidazole rings is 1. The predicted molar refractivity (Wildman–Crippen MR) is 146 cm³/mol. The maximum atomic E-state index is 13.5. The predicted octanol–water partition coefficient (Wildman–Crippen LogP) is 1.51. The van der Waals surface area contributed by atoms with Gasteiger partial charge >= 0.3 is 0 Å². The topological polar surface area (TPSA) is 172 Å². The summed E-state index contributed by atoms with van der Waals surface area (Å²) in [6.07, 6.45) is 4.94. The number of thiazole rings is 1. The molecule has 1 aliphatic carbocycles. The fourth-order valence-corrected chi connectivity index (χ4v) is 6.08. The van der Waals surface area contributed by atoms with Crippen molar-refractivity contribution >= 4 is 40.7 Å². The molecule has 212 valence electrons. The first-order valence-corrected chi connectivity index (χ1v) is 14.1. The van der Waals surface area contributed by atoms with Crippen molar-refractivity contribution in [1.29, 1.82) is 0 Å². The fraction of sp³-hybridized carbons (Fsp3) is 0.440. The lowest BCUT2D eigenvalue weighted by atomic mass is 10.2. The van der Waals surface area contributed by atoms with Gasteiger partial charge in [-0.2, -0.15) is 4.98 Å². The molecule has 15 nitrogen and oxygen atoms in total. The molecule has 2 fully saturated rings. The van der Waals surface area contributed by atoms with E-state index in [0.717, 1.165) is 36.4 Å². The van der Waals surface area contributed by atoms with Crippen LogP contribution in [0.25, 0.3) is 10.6 Å². The molecule has 1 saturated heterocycles. The van der Waals surface area contributed by atoms with Crippen molar-refractivity contribution in [2.75, 3.05) is 35.3 Å². The number of carbonyl (C=O) groups is 2. The fourth-order valence-electron chi connectivity index (χ4n) is 5.35. The number of piperidine rings is 1. The Morgan fingerprint density at radius 3 is 2.68 bits per heavy atom. The summed E-state index contributed by atoms with van der Waals surface area (Å²) in [6.45, 7) is 5.25. The third-order valence-electron chi connectivity index (χ3n) is 7.77. The Morgan fingerprint density at radius 1 is 1.22 bits per heavy atom. The molecule has 2 amide bonds. The van der Waals surface area contributed by atoms with Crippen LogP contribution in [0.15, 0.2) is 28.6 Å². The normalized spacial score (nSPS) is 22.1. The highest BCUT2D eigenvalue weighted by Crippen LogP contribution is 2.45. The number of fused-ring (bicyclic) bond motifs is 2. The van der Waals surface area contributed by atoms with E-state index in [1.54, 1.807) is 38.7 Å². The van der Waals surface area contributed by atoms with Gasteiger partial charge in [0.05, 0.1) is 6.33 Å². The molecule has 4 atom stereocenters. The number of aromatic nitrogens is 7. The van der Waals surface area contributed by atoms with Gasteiger partial charge in [-0.25, -0.2) is 19.9 Å². The van der Waals surface area contributed by atoms with Gasteiger partial charge in [-0.15, -0.1) is 11.3 Å². The minimum absolute atomic E-state index is 0.109. The molecule has 2 N–H and O–H groups in total. The SMILES string of the molecule is Cc1noc(CN2C(=O)c3c(ncn3[C@@H](C)C(=O)Nc3csc(-c4cnc(N5CC6CC6C5)nc4)n3)N(C)C2O)n1. The van der Waals surface area contributed by atoms with Crippen molar-refractivity contribution in [1.82, 2.24) is 39.5 Å². The molecule has 7 rings (SSSR count). The molecule has 3 aliphatic rings. The first kappa shape index (κ1) is 25.5. The van der Waals surface area contributed by atoms with E-state index in [4.69, 9.17) is 4.52 Å². The number of hydrogen-bond donors (Lipinski definition) is 2. The number of aliphatic hydroxyl groups is 1. The summed E-state index contributed by atoms with van der Waals surface area (Å²) in [5, 5.41) is 19.7. The first-order valence-electron chi connectivity index (χ1n) is 13.2. The summed E-state index contributed by atoms with van der Waals surface area (Å²) >= 11 is 1.37. The second kappa shape index (κ2) is 9.59. The zero-order chi connectivity index (χ0) is 28.4. The van der Waals surface area contributed by atoms with Crippen LogP contribution in [0.4, 0.5) is 17.6 Å². The summed E-state index contributed by atoms with van der Waals surface area (Å²) < 4.78 is 6.61. The van der Waals surface area contributed by atoms with Gasteiger partial charge in [0.25, 0.3) is 5.91 Å². The molecular formula is C25H27N11O4S. The number of nitrogens with zero attached hydrogens (tertiary/aromatic N) is 10. The van der Waals surface area contributed by atoms with Crippen molar-refractivity contribution in [3.05, 3.63) is 41.5 Å². The molecule has 0 radical (unpaired) electrons. The van der Waals surface area contributed by atoms with E-state index < -0.39 is 18.3 Å². The van der Waals surface area contributed by atoms with Crippen LogP contribution in [-0.2, 0) is 11.3 Å². The summed E-state index contributed by atoms with van der Waals surface area (Å²) in [6, 6.07) is -0.814. The highest BCUT2D eigenvalue weighted by molar-refractivity contribution is 7.13. The van der Waals surface area contributed by atoms with Crippen LogP contribution in [-0.4, -0.2) is 83.0 Å². The number of rotatable bonds is 7. The lowest BCUT2D eigenvalue weighted by Gasteiger charge is -2.38. The van der Waals surface area contributed by atoms with Crippen LogP contribution in [0, 0.1) is 18.8 Å². The summed E-state index contributed by atoms with van der Waals surface area (Å²) in [5.41, 5.74) is 0.923. The molecule has 6 heterocycles. The Kier molecular flexibility index (Phi) is 5.97. The van der Waals surface area contributed by atoms with Gasteiger partial charge in [0.1, 0.15) is 23.4 Å². The van der Waals surface area contributed by atoms with Gasteiger partial charge in [-0.05, 0) is 32.1 Å². The number of nitrogens with one attached hydrogen (secondary N) is 1. The van der Waals surface area contributed by atoms with Gasteiger partial charge in [0.15, 0.2) is 17.3 Å². The summed E-state index contributed by atoms with van der Waals surface area (Å²) in [4.78, 5) is 53.6. The van der Waals surface area contributed by atoms with Crippen LogP contribution < -0.4 is 15.1 Å². The van der Waals surface area contributed by atoms with Crippen molar-refractivity contribution in [2.45, 2.75) is 39.2 Å². The number of aryl methyl sites for hydroxylation is 1. The van der Waals surface area contributed by atoms with Crippen LogP contribution in [0.2, 0.25) is 0 Å². The average molecular weight is 578 g/mol. The molecule has 41 heavy (non-hydrogen) atoms. The maximum Gasteiger partial charge on any atom is 0.278 e. The Bertz CT molecular complexity index is 1620. The molecule has 16 heteroatoms. The number of anilines is 3. The van der Waals surface area contributed by atoms with E-state index in [9.17, 15) is 14.7 Å². The third-order valence-corrected chi connectivity index (χ3v) is 8.66. The Labute approximate surface area is 237 Å². The minimum Gasteiger partial charge on any atom is -0.356 e. The molecule has 2 aliphatic heterocycles. The van der Waals surface area contributed by atoms with Gasteiger partial charge in [0.2, 0.25) is 24.1 Å². The molecule has 1 saturated carbocycles. The second-order valence-corrected chi connectivity index (χ2v) is 11.4. The average Bonchev–Trinajstić information content (AvgIpc) is 3.48. The second-order valence-electron chi connectivity index (χ2n) is 10.6. The summed E-state index contributed by atoms with van der Waals surface area (Å²) in [5.74, 6) is 2.64. The van der Waals surface area contributed by atoms with Crippen molar-refractivity contribution in [2.24, 2.45) is 11.8 Å². The Morgan fingerprint density at radius 2 is 1.98 bits per heavy atom. The van der Waals surface area contributed by atoms with E-state index in [1.807, 2.05) is 0 Å². The maximum absolute atomic E-state index is 13.5. The smallest absolute Gasteiger partial charge is 0.278 e. The zero-order valence-corrected chi connectivity index (χ0v) is 23.3. The van der Waals surface area contributed by atoms with Crippen LogP contribution in [0.3, 0.4) is 0 Å². The molecule has 4 aromatic rings. The lowest BCUT2D eigenvalue weighted by molar-refractivity contribution is -0.118. The monoisotopic (exact) mass is 577 g/mol.